The maximum atomic E-state index is 12.2. The van der Waals surface area contributed by atoms with Crippen molar-refractivity contribution in [3.8, 4) is 5.75 Å². The average Bonchev–Trinajstić information content (AvgIpc) is 2.33. The summed E-state index contributed by atoms with van der Waals surface area (Å²) in [5, 5.41) is 0. The zero-order chi connectivity index (χ0) is 15.3. The molecule has 0 saturated heterocycles. The largest absolute Gasteiger partial charge is 0.497 e. The van der Waals surface area contributed by atoms with E-state index in [4.69, 9.17) is 14.2 Å². The van der Waals surface area contributed by atoms with Crippen LogP contribution < -0.4 is 4.74 Å². The van der Waals surface area contributed by atoms with Crippen LogP contribution in [0.1, 0.15) is 39.4 Å². The van der Waals surface area contributed by atoms with Crippen LogP contribution >= 0.6 is 0 Å². The molecule has 0 heterocycles. The summed E-state index contributed by atoms with van der Waals surface area (Å²) in [7, 11) is 1.52. The molecule has 1 atom stereocenters. The van der Waals surface area contributed by atoms with Gasteiger partial charge in [-0.05, 0) is 32.9 Å². The molecule has 0 fully saturated rings. The first-order chi connectivity index (χ1) is 9.23. The molecule has 0 amide bonds. The molecular formula is C15H20O5. The maximum Gasteiger partial charge on any atom is 0.352 e. The van der Waals surface area contributed by atoms with Gasteiger partial charge in [-0.15, -0.1) is 0 Å². The first kappa shape index (κ1) is 16.0. The summed E-state index contributed by atoms with van der Waals surface area (Å²) >= 11 is 0. The molecule has 0 spiro atoms. The number of methoxy groups -OCH3 is 1. The summed E-state index contributed by atoms with van der Waals surface area (Å²) in [6, 6.07) is 6.77. The molecule has 0 saturated carbocycles. The van der Waals surface area contributed by atoms with E-state index in [2.05, 4.69) is 0 Å². The van der Waals surface area contributed by atoms with E-state index in [-0.39, 0.29) is 0 Å². The quantitative estimate of drug-likeness (QED) is 0.793. The summed E-state index contributed by atoms with van der Waals surface area (Å²) in [6.07, 6.45) is -1.10. The topological polar surface area (TPSA) is 61.8 Å². The van der Waals surface area contributed by atoms with Gasteiger partial charge < -0.3 is 14.2 Å². The van der Waals surface area contributed by atoms with Crippen LogP contribution in [0, 0.1) is 0 Å². The number of hydrogen-bond donors (Lipinski definition) is 0. The molecule has 1 aromatic carbocycles. The van der Waals surface area contributed by atoms with Crippen LogP contribution in [0.4, 0.5) is 0 Å². The molecule has 0 aliphatic rings. The molecular weight excluding hydrogens is 260 g/mol. The summed E-state index contributed by atoms with van der Waals surface area (Å²) < 4.78 is 15.4. The van der Waals surface area contributed by atoms with Gasteiger partial charge in [0.25, 0.3) is 0 Å². The van der Waals surface area contributed by atoms with Gasteiger partial charge in [-0.25, -0.2) is 4.79 Å². The monoisotopic (exact) mass is 280 g/mol. The third kappa shape index (κ3) is 4.91. The fraction of sp³-hybridized carbons (Fsp3) is 0.467. The van der Waals surface area contributed by atoms with Crippen LogP contribution in [0.5, 0.6) is 5.75 Å². The summed E-state index contributed by atoms with van der Waals surface area (Å²) in [5.74, 6) is -0.590. The van der Waals surface area contributed by atoms with Crippen LogP contribution in [-0.4, -0.2) is 24.6 Å². The molecule has 0 aliphatic heterocycles. The smallest absolute Gasteiger partial charge is 0.352 e. The van der Waals surface area contributed by atoms with Gasteiger partial charge in [0, 0.05) is 12.5 Å². The Balaban J connectivity index is 3.04. The Kier molecular flexibility index (Phi) is 5.13. The van der Waals surface area contributed by atoms with Crippen molar-refractivity contribution in [1.82, 2.24) is 0 Å². The van der Waals surface area contributed by atoms with E-state index in [1.807, 2.05) is 0 Å². The van der Waals surface area contributed by atoms with E-state index in [9.17, 15) is 9.59 Å². The minimum Gasteiger partial charge on any atom is -0.497 e. The molecule has 0 N–H and O–H groups in total. The van der Waals surface area contributed by atoms with Gasteiger partial charge >= 0.3 is 11.9 Å². The Morgan fingerprint density at radius 3 is 2.35 bits per heavy atom. The Hall–Kier alpha value is -2.04. The molecule has 5 nitrogen and oxygen atoms in total. The third-order valence-corrected chi connectivity index (χ3v) is 2.30. The lowest BCUT2D eigenvalue weighted by molar-refractivity contribution is -0.175. The van der Waals surface area contributed by atoms with E-state index >= 15 is 0 Å². The molecule has 1 rings (SSSR count). The number of ether oxygens (including phenoxy) is 3. The van der Waals surface area contributed by atoms with Gasteiger partial charge in [0.1, 0.15) is 11.4 Å². The first-order valence-corrected chi connectivity index (χ1v) is 6.27. The molecule has 1 aromatic rings. The third-order valence-electron chi connectivity index (χ3n) is 2.30. The first-order valence-electron chi connectivity index (χ1n) is 6.27. The van der Waals surface area contributed by atoms with Gasteiger partial charge in [-0.3, -0.25) is 4.79 Å². The number of rotatable bonds is 4. The van der Waals surface area contributed by atoms with E-state index in [0.29, 0.717) is 11.3 Å². The minimum atomic E-state index is -1.10. The molecule has 0 aliphatic carbocycles. The van der Waals surface area contributed by atoms with E-state index in [1.165, 1.54) is 14.0 Å². The van der Waals surface area contributed by atoms with Gasteiger partial charge in [0.05, 0.1) is 7.11 Å². The summed E-state index contributed by atoms with van der Waals surface area (Å²) in [5.41, 5.74) is -0.150. The van der Waals surface area contributed by atoms with Crippen molar-refractivity contribution in [2.24, 2.45) is 0 Å². The highest BCUT2D eigenvalue weighted by atomic mass is 16.6. The second-order valence-electron chi connectivity index (χ2n) is 5.30. The van der Waals surface area contributed by atoms with Crippen LogP contribution in [0.3, 0.4) is 0 Å². The van der Waals surface area contributed by atoms with E-state index in [0.717, 1.165) is 0 Å². The van der Waals surface area contributed by atoms with Crippen molar-refractivity contribution in [2.75, 3.05) is 7.11 Å². The number of carbonyl (C=O) groups is 2. The number of carbonyl (C=O) groups excluding carboxylic acids is 2. The molecule has 0 radical (unpaired) electrons. The number of benzene rings is 1. The predicted molar refractivity (Wildman–Crippen MR) is 73.3 cm³/mol. The Morgan fingerprint density at radius 1 is 1.20 bits per heavy atom. The zero-order valence-corrected chi connectivity index (χ0v) is 12.4. The van der Waals surface area contributed by atoms with Gasteiger partial charge in [-0.1, -0.05) is 12.1 Å². The second kappa shape index (κ2) is 6.41. The predicted octanol–water partition coefficient (Wildman–Crippen LogP) is 2.64. The lowest BCUT2D eigenvalue weighted by Crippen LogP contribution is -2.29. The van der Waals surface area contributed by atoms with Crippen molar-refractivity contribution in [2.45, 2.75) is 39.4 Å². The highest BCUT2D eigenvalue weighted by Gasteiger charge is 2.29. The van der Waals surface area contributed by atoms with Crippen LogP contribution in [-0.2, 0) is 19.1 Å². The fourth-order valence-corrected chi connectivity index (χ4v) is 1.58. The highest BCUT2D eigenvalue weighted by molar-refractivity contribution is 5.80. The fourth-order valence-electron chi connectivity index (χ4n) is 1.58. The van der Waals surface area contributed by atoms with E-state index < -0.39 is 23.6 Å². The average molecular weight is 280 g/mol. The SMILES string of the molecule is COc1cccc(C(OC(C)=O)C(=O)OC(C)(C)C)c1. The van der Waals surface area contributed by atoms with Crippen LogP contribution in [0.2, 0.25) is 0 Å². The molecule has 20 heavy (non-hydrogen) atoms. The second-order valence-corrected chi connectivity index (χ2v) is 5.30. The van der Waals surface area contributed by atoms with Gasteiger partial charge in [0.2, 0.25) is 6.10 Å². The van der Waals surface area contributed by atoms with Crippen molar-refractivity contribution in [3.05, 3.63) is 29.8 Å². The van der Waals surface area contributed by atoms with Gasteiger partial charge in [0.15, 0.2) is 0 Å². The lowest BCUT2D eigenvalue weighted by atomic mass is 10.1. The lowest BCUT2D eigenvalue weighted by Gasteiger charge is -2.24. The molecule has 0 aromatic heterocycles. The number of hydrogen-bond acceptors (Lipinski definition) is 5. The molecule has 0 bridgehead atoms. The molecule has 5 heteroatoms. The molecule has 110 valence electrons. The van der Waals surface area contributed by atoms with Crippen molar-refractivity contribution in [3.63, 3.8) is 0 Å². The van der Waals surface area contributed by atoms with Gasteiger partial charge in [-0.2, -0.15) is 0 Å². The van der Waals surface area contributed by atoms with Crippen molar-refractivity contribution < 1.29 is 23.8 Å². The minimum absolute atomic E-state index is 0.508. The maximum absolute atomic E-state index is 12.2. The standard InChI is InChI=1S/C15H20O5/c1-10(16)19-13(14(17)20-15(2,3)4)11-7-6-8-12(9-11)18-5/h6-9,13H,1-5H3. The zero-order valence-electron chi connectivity index (χ0n) is 12.4. The Bertz CT molecular complexity index is 487. The van der Waals surface area contributed by atoms with E-state index in [1.54, 1.807) is 45.0 Å². The van der Waals surface area contributed by atoms with Crippen molar-refractivity contribution in [1.29, 1.82) is 0 Å². The number of esters is 2. The highest BCUT2D eigenvalue weighted by Crippen LogP contribution is 2.25. The van der Waals surface area contributed by atoms with Crippen LogP contribution in [0.15, 0.2) is 24.3 Å². The summed E-state index contributed by atoms with van der Waals surface area (Å²) in [4.78, 5) is 23.3. The summed E-state index contributed by atoms with van der Waals surface area (Å²) in [6.45, 7) is 6.50. The normalized spacial score (nSPS) is 12.4. The van der Waals surface area contributed by atoms with Crippen LogP contribution in [0.25, 0.3) is 0 Å². The molecule has 1 unspecified atom stereocenters. The Morgan fingerprint density at radius 2 is 1.85 bits per heavy atom. The van der Waals surface area contributed by atoms with Crippen molar-refractivity contribution >= 4 is 11.9 Å². The Labute approximate surface area is 118 Å².